The lowest BCUT2D eigenvalue weighted by Gasteiger charge is -2.27. The fourth-order valence-electron chi connectivity index (χ4n) is 2.50. The third-order valence-electron chi connectivity index (χ3n) is 3.45. The van der Waals surface area contributed by atoms with Gasteiger partial charge >= 0.3 is 0 Å². The summed E-state index contributed by atoms with van der Waals surface area (Å²) in [6.07, 6.45) is 6.69. The average molecular weight is 243 g/mol. The maximum atomic E-state index is 4.39. The molecule has 5 nitrogen and oxygen atoms in total. The summed E-state index contributed by atoms with van der Waals surface area (Å²) in [5, 5.41) is 4.39. The van der Waals surface area contributed by atoms with Crippen LogP contribution in [0.25, 0.3) is 0 Å². The zero-order chi connectivity index (χ0) is 12.5. The molecule has 94 valence electrons. The van der Waals surface area contributed by atoms with E-state index in [2.05, 4.69) is 33.1 Å². The van der Waals surface area contributed by atoms with E-state index in [4.69, 9.17) is 0 Å². The van der Waals surface area contributed by atoms with Crippen LogP contribution in [-0.2, 0) is 26.6 Å². The van der Waals surface area contributed by atoms with E-state index in [0.29, 0.717) is 0 Å². The van der Waals surface area contributed by atoms with Crippen molar-refractivity contribution in [3.8, 4) is 0 Å². The Labute approximate surface area is 106 Å². The molecule has 3 rings (SSSR count). The lowest BCUT2D eigenvalue weighted by atomic mass is 10.1. The van der Waals surface area contributed by atoms with Gasteiger partial charge in [0, 0.05) is 62.3 Å². The number of hydrogen-bond donors (Lipinski definition) is 0. The third kappa shape index (κ3) is 2.13. The lowest BCUT2D eigenvalue weighted by molar-refractivity contribution is 0.242. The van der Waals surface area contributed by atoms with Crippen LogP contribution in [0.5, 0.6) is 0 Å². The van der Waals surface area contributed by atoms with Crippen molar-refractivity contribution in [2.24, 2.45) is 7.05 Å². The number of nitrogens with zero attached hydrogens (tertiary/aromatic N) is 5. The van der Waals surface area contributed by atoms with E-state index in [0.717, 1.165) is 31.7 Å². The molecule has 0 saturated heterocycles. The van der Waals surface area contributed by atoms with Gasteiger partial charge in [-0.1, -0.05) is 0 Å². The fraction of sp³-hybridized carbons (Fsp3) is 0.462. The van der Waals surface area contributed by atoms with E-state index in [1.165, 1.54) is 16.8 Å². The van der Waals surface area contributed by atoms with Gasteiger partial charge in [0.1, 0.15) is 6.33 Å². The van der Waals surface area contributed by atoms with E-state index >= 15 is 0 Å². The second-order valence-electron chi connectivity index (χ2n) is 4.87. The summed E-state index contributed by atoms with van der Waals surface area (Å²) in [6, 6.07) is 0. The largest absolute Gasteiger partial charge is 0.294 e. The number of aromatic nitrogens is 4. The summed E-state index contributed by atoms with van der Waals surface area (Å²) in [7, 11) is 1.97. The van der Waals surface area contributed by atoms with Gasteiger partial charge in [-0.3, -0.25) is 9.58 Å². The van der Waals surface area contributed by atoms with E-state index in [1.807, 2.05) is 17.9 Å². The Morgan fingerprint density at radius 2 is 2.28 bits per heavy atom. The molecular formula is C13H17N5. The van der Waals surface area contributed by atoms with Gasteiger partial charge in [0.2, 0.25) is 0 Å². The van der Waals surface area contributed by atoms with Gasteiger partial charge < -0.3 is 0 Å². The van der Waals surface area contributed by atoms with Crippen molar-refractivity contribution in [3.63, 3.8) is 0 Å². The molecule has 18 heavy (non-hydrogen) atoms. The summed E-state index contributed by atoms with van der Waals surface area (Å²) in [4.78, 5) is 10.9. The van der Waals surface area contributed by atoms with Crippen LogP contribution in [0.15, 0.2) is 18.7 Å². The quantitative estimate of drug-likeness (QED) is 0.792. The fourth-order valence-corrected chi connectivity index (χ4v) is 2.50. The van der Waals surface area contributed by atoms with Crippen LogP contribution < -0.4 is 0 Å². The Kier molecular flexibility index (Phi) is 2.83. The van der Waals surface area contributed by atoms with Crippen molar-refractivity contribution in [2.75, 3.05) is 6.54 Å². The molecule has 2 aromatic rings. The first-order valence-electron chi connectivity index (χ1n) is 6.21. The standard InChI is InChI=1S/C13H17N5/c1-10-12(6-17(2)16-10)8-18-4-3-13-11(7-18)5-14-9-15-13/h5-6,9H,3-4,7-8H2,1-2H3. The molecule has 1 aliphatic heterocycles. The highest BCUT2D eigenvalue weighted by Gasteiger charge is 2.18. The number of fused-ring (bicyclic) bond motifs is 1. The summed E-state index contributed by atoms with van der Waals surface area (Å²) in [6.45, 7) is 5.01. The summed E-state index contributed by atoms with van der Waals surface area (Å²) < 4.78 is 1.88. The highest BCUT2D eigenvalue weighted by Crippen LogP contribution is 2.18. The van der Waals surface area contributed by atoms with E-state index < -0.39 is 0 Å². The zero-order valence-electron chi connectivity index (χ0n) is 10.8. The van der Waals surface area contributed by atoms with Crippen LogP contribution in [-0.4, -0.2) is 31.2 Å². The molecular weight excluding hydrogens is 226 g/mol. The van der Waals surface area contributed by atoms with Crippen molar-refractivity contribution < 1.29 is 0 Å². The lowest BCUT2D eigenvalue weighted by Crippen LogP contribution is -2.30. The Balaban J connectivity index is 1.75. The molecule has 0 N–H and O–H groups in total. The predicted molar refractivity (Wildman–Crippen MR) is 67.8 cm³/mol. The molecule has 0 radical (unpaired) electrons. The summed E-state index contributed by atoms with van der Waals surface area (Å²) >= 11 is 0. The molecule has 0 amide bonds. The van der Waals surface area contributed by atoms with Crippen LogP contribution in [0.3, 0.4) is 0 Å². The molecule has 1 aliphatic rings. The molecule has 0 unspecified atom stereocenters. The molecule has 3 heterocycles. The minimum Gasteiger partial charge on any atom is -0.294 e. The van der Waals surface area contributed by atoms with Crippen LogP contribution in [0.1, 0.15) is 22.5 Å². The second-order valence-corrected chi connectivity index (χ2v) is 4.87. The summed E-state index contributed by atoms with van der Waals surface area (Å²) in [5.74, 6) is 0. The minimum absolute atomic E-state index is 0.935. The topological polar surface area (TPSA) is 46.8 Å². The number of rotatable bonds is 2. The smallest absolute Gasteiger partial charge is 0.115 e. The number of aryl methyl sites for hydroxylation is 2. The third-order valence-corrected chi connectivity index (χ3v) is 3.45. The first-order valence-corrected chi connectivity index (χ1v) is 6.21. The zero-order valence-corrected chi connectivity index (χ0v) is 10.8. The SMILES string of the molecule is Cc1nn(C)cc1CN1CCc2ncncc2C1. The monoisotopic (exact) mass is 243 g/mol. The van der Waals surface area contributed by atoms with Crippen molar-refractivity contribution in [1.29, 1.82) is 0 Å². The van der Waals surface area contributed by atoms with Crippen molar-refractivity contribution in [3.05, 3.63) is 41.2 Å². The van der Waals surface area contributed by atoms with E-state index in [9.17, 15) is 0 Å². The second kappa shape index (κ2) is 4.49. The maximum Gasteiger partial charge on any atom is 0.115 e. The Morgan fingerprint density at radius 1 is 1.39 bits per heavy atom. The first-order chi connectivity index (χ1) is 8.72. The van der Waals surface area contributed by atoms with Gasteiger partial charge in [-0.25, -0.2) is 9.97 Å². The molecule has 0 atom stereocenters. The number of hydrogen-bond acceptors (Lipinski definition) is 4. The molecule has 0 bridgehead atoms. The molecule has 2 aromatic heterocycles. The van der Waals surface area contributed by atoms with Gasteiger partial charge in [0.05, 0.1) is 5.69 Å². The van der Waals surface area contributed by atoms with E-state index in [-0.39, 0.29) is 0 Å². The highest BCUT2D eigenvalue weighted by atomic mass is 15.3. The summed E-state index contributed by atoms with van der Waals surface area (Å²) in [5.41, 5.74) is 4.87. The Bertz CT molecular complexity index is 560. The van der Waals surface area contributed by atoms with Crippen LogP contribution >= 0.6 is 0 Å². The maximum absolute atomic E-state index is 4.39. The normalized spacial score (nSPS) is 15.7. The average Bonchev–Trinajstić information content (AvgIpc) is 2.68. The van der Waals surface area contributed by atoms with Crippen LogP contribution in [0, 0.1) is 6.92 Å². The minimum atomic E-state index is 0.935. The van der Waals surface area contributed by atoms with E-state index in [1.54, 1.807) is 6.33 Å². The van der Waals surface area contributed by atoms with Crippen molar-refractivity contribution in [1.82, 2.24) is 24.6 Å². The van der Waals surface area contributed by atoms with Gasteiger partial charge in [-0.05, 0) is 6.92 Å². The van der Waals surface area contributed by atoms with Crippen LogP contribution in [0.4, 0.5) is 0 Å². The molecule has 0 aromatic carbocycles. The Hall–Kier alpha value is -1.75. The van der Waals surface area contributed by atoms with Crippen molar-refractivity contribution >= 4 is 0 Å². The van der Waals surface area contributed by atoms with Crippen LogP contribution in [0.2, 0.25) is 0 Å². The molecule has 5 heteroatoms. The predicted octanol–water partition coefficient (Wildman–Crippen LogP) is 1.08. The Morgan fingerprint density at radius 3 is 3.06 bits per heavy atom. The van der Waals surface area contributed by atoms with Gasteiger partial charge in [-0.15, -0.1) is 0 Å². The van der Waals surface area contributed by atoms with Gasteiger partial charge in [0.25, 0.3) is 0 Å². The molecule has 0 spiro atoms. The molecule has 0 aliphatic carbocycles. The van der Waals surface area contributed by atoms with Crippen molar-refractivity contribution in [2.45, 2.75) is 26.4 Å². The molecule has 0 saturated carbocycles. The molecule has 0 fully saturated rings. The van der Waals surface area contributed by atoms with Gasteiger partial charge in [0.15, 0.2) is 0 Å². The highest BCUT2D eigenvalue weighted by molar-refractivity contribution is 5.20. The van der Waals surface area contributed by atoms with Gasteiger partial charge in [-0.2, -0.15) is 5.10 Å². The first kappa shape index (κ1) is 11.3.